The summed E-state index contributed by atoms with van der Waals surface area (Å²) in [5.41, 5.74) is -0.513. The molecule has 0 amide bonds. The van der Waals surface area contributed by atoms with E-state index in [2.05, 4.69) is 18.7 Å². The summed E-state index contributed by atoms with van der Waals surface area (Å²) < 4.78 is 0. The number of carbonyl (C=O) groups is 1. The Hall–Kier alpha value is -0.370. The van der Waals surface area contributed by atoms with Crippen LogP contribution in [0.25, 0.3) is 0 Å². The number of likely N-dealkylation sites (tertiary alicyclic amines) is 1. The zero-order valence-electron chi connectivity index (χ0n) is 10.2. The second-order valence-corrected chi connectivity index (χ2v) is 5.83. The SMILES string of the molecule is CC(C)(C)C(=O)C(C)(C)N1CCCC1. The maximum atomic E-state index is 12.2. The first-order valence-electron chi connectivity index (χ1n) is 5.56. The summed E-state index contributed by atoms with van der Waals surface area (Å²) in [6, 6.07) is 0. The summed E-state index contributed by atoms with van der Waals surface area (Å²) in [7, 11) is 0. The maximum absolute atomic E-state index is 12.2. The molecule has 14 heavy (non-hydrogen) atoms. The number of hydrogen-bond donors (Lipinski definition) is 0. The van der Waals surface area contributed by atoms with Crippen molar-refractivity contribution in [2.45, 2.75) is 53.0 Å². The van der Waals surface area contributed by atoms with E-state index in [0.29, 0.717) is 5.78 Å². The topological polar surface area (TPSA) is 20.3 Å². The minimum Gasteiger partial charge on any atom is -0.297 e. The largest absolute Gasteiger partial charge is 0.297 e. The predicted molar refractivity (Wildman–Crippen MR) is 59.3 cm³/mol. The second-order valence-electron chi connectivity index (χ2n) is 5.83. The van der Waals surface area contributed by atoms with Gasteiger partial charge in [-0.3, -0.25) is 9.69 Å². The molecule has 0 bridgehead atoms. The molecule has 0 atom stereocenters. The first-order chi connectivity index (χ1) is 6.26. The molecule has 0 aromatic heterocycles. The Morgan fingerprint density at radius 2 is 1.43 bits per heavy atom. The highest BCUT2D eigenvalue weighted by Gasteiger charge is 2.41. The molecule has 1 rings (SSSR count). The van der Waals surface area contributed by atoms with Crippen molar-refractivity contribution >= 4 is 5.78 Å². The van der Waals surface area contributed by atoms with E-state index in [-0.39, 0.29) is 11.0 Å². The minimum absolute atomic E-state index is 0.230. The van der Waals surface area contributed by atoms with Crippen molar-refractivity contribution < 1.29 is 4.79 Å². The third-order valence-electron chi connectivity index (χ3n) is 3.13. The molecule has 0 saturated carbocycles. The van der Waals surface area contributed by atoms with Crippen LogP contribution in [0.3, 0.4) is 0 Å². The highest BCUT2D eigenvalue weighted by molar-refractivity contribution is 5.91. The van der Waals surface area contributed by atoms with Crippen molar-refractivity contribution in [3.8, 4) is 0 Å². The first kappa shape index (κ1) is 11.7. The lowest BCUT2D eigenvalue weighted by Crippen LogP contribution is -2.52. The summed E-state index contributed by atoms with van der Waals surface area (Å²) in [4.78, 5) is 14.6. The molecule has 0 N–H and O–H groups in total. The summed E-state index contributed by atoms with van der Waals surface area (Å²) in [5.74, 6) is 0.354. The zero-order valence-corrected chi connectivity index (χ0v) is 10.2. The molecule has 82 valence electrons. The third-order valence-corrected chi connectivity index (χ3v) is 3.13. The lowest BCUT2D eigenvalue weighted by atomic mass is 9.79. The highest BCUT2D eigenvalue weighted by Crippen LogP contribution is 2.29. The van der Waals surface area contributed by atoms with E-state index in [1.54, 1.807) is 0 Å². The molecule has 1 fully saturated rings. The van der Waals surface area contributed by atoms with Gasteiger partial charge in [-0.1, -0.05) is 20.8 Å². The van der Waals surface area contributed by atoms with Crippen molar-refractivity contribution in [2.75, 3.05) is 13.1 Å². The zero-order chi connectivity index (χ0) is 11.0. The van der Waals surface area contributed by atoms with Gasteiger partial charge in [0.2, 0.25) is 0 Å². The van der Waals surface area contributed by atoms with E-state index in [1.807, 2.05) is 20.8 Å². The van der Waals surface area contributed by atoms with Crippen LogP contribution in [0.2, 0.25) is 0 Å². The Morgan fingerprint density at radius 1 is 1.00 bits per heavy atom. The van der Waals surface area contributed by atoms with E-state index in [9.17, 15) is 4.79 Å². The molecule has 0 aliphatic carbocycles. The normalized spacial score (nSPS) is 20.1. The lowest BCUT2D eigenvalue weighted by molar-refractivity contribution is -0.136. The van der Waals surface area contributed by atoms with Gasteiger partial charge in [-0.2, -0.15) is 0 Å². The fourth-order valence-corrected chi connectivity index (χ4v) is 2.34. The number of hydrogen-bond acceptors (Lipinski definition) is 2. The first-order valence-corrected chi connectivity index (χ1v) is 5.56. The van der Waals surface area contributed by atoms with Gasteiger partial charge in [0, 0.05) is 5.41 Å². The van der Waals surface area contributed by atoms with E-state index >= 15 is 0 Å². The minimum atomic E-state index is -0.283. The number of nitrogens with zero attached hydrogens (tertiary/aromatic N) is 1. The van der Waals surface area contributed by atoms with Gasteiger partial charge in [0.15, 0.2) is 5.78 Å². The van der Waals surface area contributed by atoms with Crippen LogP contribution in [0, 0.1) is 5.41 Å². The Kier molecular flexibility index (Phi) is 3.05. The van der Waals surface area contributed by atoms with E-state index in [4.69, 9.17) is 0 Å². The quantitative estimate of drug-likeness (QED) is 0.678. The van der Waals surface area contributed by atoms with Crippen LogP contribution < -0.4 is 0 Å². The van der Waals surface area contributed by atoms with Crippen LogP contribution in [0.1, 0.15) is 47.5 Å². The smallest absolute Gasteiger partial charge is 0.157 e. The van der Waals surface area contributed by atoms with Gasteiger partial charge < -0.3 is 0 Å². The van der Waals surface area contributed by atoms with Crippen molar-refractivity contribution in [2.24, 2.45) is 5.41 Å². The van der Waals surface area contributed by atoms with Crippen LogP contribution in [-0.4, -0.2) is 29.3 Å². The average molecular weight is 197 g/mol. The number of ketones is 1. The predicted octanol–water partition coefficient (Wildman–Crippen LogP) is 2.48. The van der Waals surface area contributed by atoms with E-state index < -0.39 is 0 Å². The molecule has 1 heterocycles. The molecule has 0 spiro atoms. The summed E-state index contributed by atoms with van der Waals surface area (Å²) in [5, 5.41) is 0. The Labute approximate surface area is 87.7 Å². The molecule has 0 radical (unpaired) electrons. The molecule has 2 heteroatoms. The third kappa shape index (κ3) is 2.17. The molecular formula is C12H23NO. The van der Waals surface area contributed by atoms with Crippen LogP contribution >= 0.6 is 0 Å². The molecule has 0 aromatic rings. The second kappa shape index (κ2) is 3.65. The molecule has 2 nitrogen and oxygen atoms in total. The molecule has 1 aliphatic heterocycles. The standard InChI is InChI=1S/C12H23NO/c1-11(2,3)10(14)12(4,5)13-8-6-7-9-13/h6-9H2,1-5H3. The van der Waals surface area contributed by atoms with E-state index in [0.717, 1.165) is 13.1 Å². The van der Waals surface area contributed by atoms with Crippen LogP contribution in [0.4, 0.5) is 0 Å². The number of carbonyl (C=O) groups excluding carboxylic acids is 1. The Balaban J connectivity index is 2.78. The maximum Gasteiger partial charge on any atom is 0.157 e. The molecule has 0 unspecified atom stereocenters. The van der Waals surface area contributed by atoms with Crippen LogP contribution in [0.15, 0.2) is 0 Å². The van der Waals surface area contributed by atoms with Gasteiger partial charge in [-0.05, 0) is 39.8 Å². The van der Waals surface area contributed by atoms with Crippen molar-refractivity contribution in [3.63, 3.8) is 0 Å². The highest BCUT2D eigenvalue weighted by atomic mass is 16.1. The average Bonchev–Trinajstić information content (AvgIpc) is 2.53. The number of rotatable bonds is 2. The molecule has 0 aromatic carbocycles. The Morgan fingerprint density at radius 3 is 1.79 bits per heavy atom. The van der Waals surface area contributed by atoms with Crippen LogP contribution in [-0.2, 0) is 4.79 Å². The summed E-state index contributed by atoms with van der Waals surface area (Å²) >= 11 is 0. The number of Topliss-reactive ketones (excluding diaryl/α,β-unsaturated/α-hetero) is 1. The van der Waals surface area contributed by atoms with Crippen molar-refractivity contribution in [1.82, 2.24) is 4.90 Å². The van der Waals surface area contributed by atoms with Gasteiger partial charge in [-0.15, -0.1) is 0 Å². The van der Waals surface area contributed by atoms with Gasteiger partial charge >= 0.3 is 0 Å². The van der Waals surface area contributed by atoms with Crippen LogP contribution in [0.5, 0.6) is 0 Å². The van der Waals surface area contributed by atoms with Crippen molar-refractivity contribution in [3.05, 3.63) is 0 Å². The monoisotopic (exact) mass is 197 g/mol. The Bertz CT molecular complexity index is 219. The van der Waals surface area contributed by atoms with Gasteiger partial charge in [-0.25, -0.2) is 0 Å². The van der Waals surface area contributed by atoms with Gasteiger partial charge in [0.05, 0.1) is 5.54 Å². The van der Waals surface area contributed by atoms with E-state index in [1.165, 1.54) is 12.8 Å². The molecular weight excluding hydrogens is 174 g/mol. The fourth-order valence-electron chi connectivity index (χ4n) is 2.34. The van der Waals surface area contributed by atoms with Crippen molar-refractivity contribution in [1.29, 1.82) is 0 Å². The van der Waals surface area contributed by atoms with Gasteiger partial charge in [0.25, 0.3) is 0 Å². The van der Waals surface area contributed by atoms with Gasteiger partial charge in [0.1, 0.15) is 0 Å². The summed E-state index contributed by atoms with van der Waals surface area (Å²) in [6.45, 7) is 12.3. The fraction of sp³-hybridized carbons (Fsp3) is 0.917. The lowest BCUT2D eigenvalue weighted by Gasteiger charge is -2.38. The molecule has 1 aliphatic rings. The summed E-state index contributed by atoms with van der Waals surface area (Å²) in [6.07, 6.45) is 2.47. The molecule has 1 saturated heterocycles.